The molecule has 2 aromatic carbocycles. The topological polar surface area (TPSA) is 71.3 Å². The van der Waals surface area contributed by atoms with Crippen LogP contribution in [0.3, 0.4) is 0 Å². The van der Waals surface area contributed by atoms with E-state index in [1.807, 2.05) is 36.4 Å². The standard InChI is InChI=1S/C25H25ClN4O2/c1-2-30-12-10-19(11-13-30)22-15-24(29-25(26)28-22)32-23-14-21(9-8-20(23)16-27)31-17-18-6-4-3-5-7-18/h3-9,14-15,19H,2,10-13,17H2,1H3. The van der Waals surface area contributed by atoms with E-state index < -0.39 is 0 Å². The monoisotopic (exact) mass is 448 g/mol. The van der Waals surface area contributed by atoms with Gasteiger partial charge in [0.1, 0.15) is 18.4 Å². The van der Waals surface area contributed by atoms with Gasteiger partial charge in [-0.1, -0.05) is 37.3 Å². The number of likely N-dealkylation sites (tertiary alicyclic amines) is 1. The van der Waals surface area contributed by atoms with Crippen LogP contribution in [0.5, 0.6) is 17.4 Å². The molecule has 0 bridgehead atoms. The van der Waals surface area contributed by atoms with Gasteiger partial charge in [-0.25, -0.2) is 4.98 Å². The number of rotatable bonds is 7. The molecule has 0 amide bonds. The molecule has 7 heteroatoms. The van der Waals surface area contributed by atoms with Gasteiger partial charge >= 0.3 is 0 Å². The van der Waals surface area contributed by atoms with E-state index in [-0.39, 0.29) is 5.28 Å². The molecule has 1 aromatic heterocycles. The van der Waals surface area contributed by atoms with E-state index in [1.165, 1.54) is 0 Å². The fraction of sp³-hybridized carbons (Fsp3) is 0.320. The summed E-state index contributed by atoms with van der Waals surface area (Å²) in [5.41, 5.74) is 2.33. The Labute approximate surface area is 193 Å². The van der Waals surface area contributed by atoms with Crippen LogP contribution in [-0.4, -0.2) is 34.5 Å². The Hall–Kier alpha value is -3.14. The minimum absolute atomic E-state index is 0.144. The van der Waals surface area contributed by atoms with Gasteiger partial charge in [0, 0.05) is 18.1 Å². The van der Waals surface area contributed by atoms with Gasteiger partial charge in [-0.2, -0.15) is 10.2 Å². The number of aromatic nitrogens is 2. The Morgan fingerprint density at radius 1 is 1.09 bits per heavy atom. The van der Waals surface area contributed by atoms with Gasteiger partial charge in [0.25, 0.3) is 0 Å². The molecule has 6 nitrogen and oxygen atoms in total. The zero-order valence-corrected chi connectivity index (χ0v) is 18.8. The van der Waals surface area contributed by atoms with Gasteiger partial charge in [-0.15, -0.1) is 0 Å². The van der Waals surface area contributed by atoms with Crippen molar-refractivity contribution >= 4 is 11.6 Å². The summed E-state index contributed by atoms with van der Waals surface area (Å²) in [4.78, 5) is 11.1. The van der Waals surface area contributed by atoms with Crippen LogP contribution in [0.2, 0.25) is 5.28 Å². The number of ether oxygens (including phenoxy) is 2. The SMILES string of the molecule is CCN1CCC(c2cc(Oc3cc(OCc4ccccc4)ccc3C#N)nc(Cl)n2)CC1. The highest BCUT2D eigenvalue weighted by Gasteiger charge is 2.22. The van der Waals surface area contributed by atoms with Crippen LogP contribution in [0.4, 0.5) is 0 Å². The molecule has 1 aliphatic heterocycles. The molecule has 164 valence electrons. The average molecular weight is 449 g/mol. The number of hydrogen-bond acceptors (Lipinski definition) is 6. The summed E-state index contributed by atoms with van der Waals surface area (Å²) in [6.07, 6.45) is 2.04. The molecule has 1 fully saturated rings. The number of benzene rings is 2. The average Bonchev–Trinajstić information content (AvgIpc) is 2.83. The van der Waals surface area contributed by atoms with Crippen LogP contribution in [0, 0.1) is 11.3 Å². The smallest absolute Gasteiger partial charge is 0.225 e. The van der Waals surface area contributed by atoms with Crippen molar-refractivity contribution in [1.82, 2.24) is 14.9 Å². The summed E-state index contributed by atoms with van der Waals surface area (Å²) in [5, 5.41) is 9.67. The predicted octanol–water partition coefficient (Wildman–Crippen LogP) is 5.57. The summed E-state index contributed by atoms with van der Waals surface area (Å²) in [7, 11) is 0. The molecule has 0 radical (unpaired) electrons. The third-order valence-electron chi connectivity index (χ3n) is 5.68. The zero-order valence-electron chi connectivity index (χ0n) is 18.0. The number of nitriles is 1. The third-order valence-corrected chi connectivity index (χ3v) is 5.85. The summed E-state index contributed by atoms with van der Waals surface area (Å²) in [6.45, 7) is 5.74. The number of halogens is 1. The van der Waals surface area contributed by atoms with E-state index in [0.717, 1.165) is 43.7 Å². The van der Waals surface area contributed by atoms with Crippen molar-refractivity contribution in [3.05, 3.63) is 76.7 Å². The van der Waals surface area contributed by atoms with Gasteiger partial charge in [0.15, 0.2) is 5.75 Å². The fourth-order valence-corrected chi connectivity index (χ4v) is 4.02. The first-order valence-corrected chi connectivity index (χ1v) is 11.2. The number of hydrogen-bond donors (Lipinski definition) is 0. The quantitative estimate of drug-likeness (QED) is 0.440. The molecular weight excluding hydrogens is 424 g/mol. The summed E-state index contributed by atoms with van der Waals surface area (Å²) in [6, 6.07) is 19.0. The second kappa shape index (κ2) is 10.4. The molecule has 1 aliphatic rings. The van der Waals surface area contributed by atoms with Crippen molar-refractivity contribution < 1.29 is 9.47 Å². The molecule has 3 aromatic rings. The molecule has 1 saturated heterocycles. The van der Waals surface area contributed by atoms with Gasteiger partial charge in [0.2, 0.25) is 11.2 Å². The van der Waals surface area contributed by atoms with Gasteiger partial charge in [0.05, 0.1) is 11.3 Å². The minimum Gasteiger partial charge on any atom is -0.489 e. The number of nitrogens with zero attached hydrogens (tertiary/aromatic N) is 4. The Kier molecular flexibility index (Phi) is 7.21. The largest absolute Gasteiger partial charge is 0.489 e. The van der Waals surface area contributed by atoms with Crippen molar-refractivity contribution in [2.75, 3.05) is 19.6 Å². The lowest BCUT2D eigenvalue weighted by Crippen LogP contribution is -2.32. The molecule has 0 saturated carbocycles. The molecule has 0 N–H and O–H groups in total. The lowest BCUT2D eigenvalue weighted by Gasteiger charge is -2.30. The maximum atomic E-state index is 9.52. The Morgan fingerprint density at radius 3 is 2.59 bits per heavy atom. The van der Waals surface area contributed by atoms with E-state index in [9.17, 15) is 5.26 Å². The first kappa shape index (κ1) is 22.1. The van der Waals surface area contributed by atoms with Gasteiger partial charge in [-0.3, -0.25) is 0 Å². The fourth-order valence-electron chi connectivity index (χ4n) is 3.84. The van der Waals surface area contributed by atoms with Crippen LogP contribution < -0.4 is 9.47 Å². The van der Waals surface area contributed by atoms with E-state index >= 15 is 0 Å². The summed E-state index contributed by atoms with van der Waals surface area (Å²) >= 11 is 6.21. The van der Waals surface area contributed by atoms with Gasteiger partial charge in [-0.05, 0) is 61.8 Å². The molecule has 0 spiro atoms. The van der Waals surface area contributed by atoms with E-state index in [2.05, 4.69) is 27.9 Å². The first-order chi connectivity index (χ1) is 15.6. The maximum Gasteiger partial charge on any atom is 0.225 e. The highest BCUT2D eigenvalue weighted by molar-refractivity contribution is 6.28. The lowest BCUT2D eigenvalue weighted by atomic mass is 9.93. The lowest BCUT2D eigenvalue weighted by molar-refractivity contribution is 0.220. The van der Waals surface area contributed by atoms with E-state index in [0.29, 0.717) is 35.5 Å². The highest BCUT2D eigenvalue weighted by atomic mass is 35.5. The summed E-state index contributed by atoms with van der Waals surface area (Å²) in [5.74, 6) is 1.63. The summed E-state index contributed by atoms with van der Waals surface area (Å²) < 4.78 is 11.9. The Balaban J connectivity index is 1.51. The van der Waals surface area contributed by atoms with Crippen LogP contribution >= 0.6 is 11.6 Å². The first-order valence-electron chi connectivity index (χ1n) is 10.8. The van der Waals surface area contributed by atoms with Crippen LogP contribution in [0.15, 0.2) is 54.6 Å². The van der Waals surface area contributed by atoms with E-state index in [1.54, 1.807) is 18.2 Å². The second-order valence-corrected chi connectivity index (χ2v) is 8.09. The molecule has 0 atom stereocenters. The normalized spacial score (nSPS) is 14.7. The van der Waals surface area contributed by atoms with E-state index in [4.69, 9.17) is 21.1 Å². The zero-order chi connectivity index (χ0) is 22.3. The molecule has 0 aliphatic carbocycles. The highest BCUT2D eigenvalue weighted by Crippen LogP contribution is 2.33. The van der Waals surface area contributed by atoms with Crippen molar-refractivity contribution in [3.63, 3.8) is 0 Å². The Bertz CT molecular complexity index is 1090. The Morgan fingerprint density at radius 2 is 1.88 bits per heavy atom. The molecule has 4 rings (SSSR count). The molecular formula is C25H25ClN4O2. The van der Waals surface area contributed by atoms with Gasteiger partial charge < -0.3 is 14.4 Å². The molecule has 2 heterocycles. The van der Waals surface area contributed by atoms with Crippen LogP contribution in [0.25, 0.3) is 0 Å². The predicted molar refractivity (Wildman–Crippen MR) is 123 cm³/mol. The van der Waals surface area contributed by atoms with Crippen molar-refractivity contribution in [1.29, 1.82) is 5.26 Å². The minimum atomic E-state index is 0.144. The number of piperidine rings is 1. The van der Waals surface area contributed by atoms with Crippen molar-refractivity contribution in [2.45, 2.75) is 32.3 Å². The second-order valence-electron chi connectivity index (χ2n) is 7.75. The van der Waals surface area contributed by atoms with Crippen LogP contribution in [-0.2, 0) is 6.61 Å². The van der Waals surface area contributed by atoms with Crippen molar-refractivity contribution in [3.8, 4) is 23.4 Å². The molecule has 32 heavy (non-hydrogen) atoms. The van der Waals surface area contributed by atoms with Crippen molar-refractivity contribution in [2.24, 2.45) is 0 Å². The maximum absolute atomic E-state index is 9.52. The third kappa shape index (κ3) is 5.56. The molecule has 0 unspecified atom stereocenters. The van der Waals surface area contributed by atoms with Crippen LogP contribution in [0.1, 0.15) is 42.5 Å².